The van der Waals surface area contributed by atoms with Gasteiger partial charge in [0.05, 0.1) is 4.90 Å². The van der Waals surface area contributed by atoms with Gasteiger partial charge in [-0.2, -0.15) is 0 Å². The van der Waals surface area contributed by atoms with E-state index in [1.54, 1.807) is 36.4 Å². The zero-order chi connectivity index (χ0) is 27.2. The molecule has 3 aromatic rings. The van der Waals surface area contributed by atoms with Gasteiger partial charge in [0.2, 0.25) is 15.9 Å². The first-order chi connectivity index (χ1) is 18.9. The van der Waals surface area contributed by atoms with Gasteiger partial charge in [-0.25, -0.2) is 13.1 Å². The van der Waals surface area contributed by atoms with Crippen molar-refractivity contribution in [3.05, 3.63) is 65.9 Å². The molecule has 10 heteroatoms. The second-order valence-electron chi connectivity index (χ2n) is 10.5. The third-order valence-corrected chi connectivity index (χ3v) is 9.48. The topological polar surface area (TPSA) is 94.6 Å². The van der Waals surface area contributed by atoms with Crippen LogP contribution in [-0.2, 0) is 14.8 Å². The number of carbonyl (C=O) groups is 1. The molecule has 2 aliphatic rings. The Morgan fingerprint density at radius 1 is 0.949 bits per heavy atom. The van der Waals surface area contributed by atoms with Gasteiger partial charge in [0.15, 0.2) is 0 Å². The van der Waals surface area contributed by atoms with Gasteiger partial charge in [-0.05, 0) is 91.7 Å². The fourth-order valence-corrected chi connectivity index (χ4v) is 6.74. The molecule has 2 aromatic carbocycles. The van der Waals surface area contributed by atoms with Crippen molar-refractivity contribution in [1.29, 1.82) is 0 Å². The van der Waals surface area contributed by atoms with Crippen molar-refractivity contribution in [2.75, 3.05) is 44.2 Å². The van der Waals surface area contributed by atoms with Gasteiger partial charge >= 0.3 is 0 Å². The van der Waals surface area contributed by atoms with E-state index in [0.29, 0.717) is 17.5 Å². The summed E-state index contributed by atoms with van der Waals surface area (Å²) in [6, 6.07) is 13.8. The van der Waals surface area contributed by atoms with E-state index in [1.807, 2.05) is 29.4 Å². The number of likely N-dealkylation sites (tertiary alicyclic amines) is 1. The first-order valence-electron chi connectivity index (χ1n) is 13.8. The molecule has 39 heavy (non-hydrogen) atoms. The van der Waals surface area contributed by atoms with Crippen LogP contribution in [0.2, 0.25) is 5.02 Å². The number of nitrogens with one attached hydrogen (secondary N) is 2. The molecule has 1 atom stereocenters. The van der Waals surface area contributed by atoms with Crippen LogP contribution in [0.1, 0.15) is 32.1 Å². The van der Waals surface area contributed by atoms with E-state index in [2.05, 4.69) is 19.9 Å². The average Bonchev–Trinajstić information content (AvgIpc) is 2.97. The average molecular weight is 570 g/mol. The van der Waals surface area contributed by atoms with Gasteiger partial charge in [-0.15, -0.1) is 0 Å². The zero-order valence-electron chi connectivity index (χ0n) is 22.1. The number of fused-ring (bicyclic) bond motifs is 1. The summed E-state index contributed by atoms with van der Waals surface area (Å²) in [4.78, 5) is 22.0. The van der Waals surface area contributed by atoms with Crippen LogP contribution in [0.15, 0.2) is 65.8 Å². The van der Waals surface area contributed by atoms with Crippen LogP contribution in [0, 0.1) is 5.92 Å². The third kappa shape index (κ3) is 7.08. The number of piperidine rings is 2. The number of anilines is 1. The smallest absolute Gasteiger partial charge is 0.241 e. The highest BCUT2D eigenvalue weighted by Gasteiger charge is 2.29. The highest BCUT2D eigenvalue weighted by atomic mass is 35.5. The second-order valence-corrected chi connectivity index (χ2v) is 12.7. The minimum Gasteiger partial charge on any atom is -0.371 e. The molecule has 8 nitrogen and oxygen atoms in total. The number of carbonyl (C=O) groups excluding carboxylic acids is 1. The largest absolute Gasteiger partial charge is 0.371 e. The Hall–Kier alpha value is -2.72. The molecule has 1 aromatic heterocycles. The maximum atomic E-state index is 13.5. The quantitative estimate of drug-likeness (QED) is 0.404. The summed E-state index contributed by atoms with van der Waals surface area (Å²) in [7, 11) is -3.81. The maximum Gasteiger partial charge on any atom is 0.241 e. The Morgan fingerprint density at radius 2 is 1.64 bits per heavy atom. The zero-order valence-corrected chi connectivity index (χ0v) is 23.6. The Balaban J connectivity index is 1.23. The van der Waals surface area contributed by atoms with Gasteiger partial charge in [0.1, 0.15) is 6.04 Å². The van der Waals surface area contributed by atoms with E-state index in [0.717, 1.165) is 69.1 Å². The fraction of sp³-hybridized carbons (Fsp3) is 0.448. The number of aromatic nitrogens is 1. The van der Waals surface area contributed by atoms with Crippen molar-refractivity contribution in [1.82, 2.24) is 19.9 Å². The minimum atomic E-state index is -3.81. The molecule has 5 rings (SSSR count). The van der Waals surface area contributed by atoms with Gasteiger partial charge in [-0.1, -0.05) is 23.7 Å². The summed E-state index contributed by atoms with van der Waals surface area (Å²) in [5.74, 6) is 0.392. The molecular formula is C29H36ClN5O3S. The van der Waals surface area contributed by atoms with Crippen LogP contribution < -0.4 is 14.9 Å². The van der Waals surface area contributed by atoms with E-state index in [1.165, 1.54) is 5.69 Å². The van der Waals surface area contributed by atoms with Crippen LogP contribution in [0.4, 0.5) is 5.69 Å². The van der Waals surface area contributed by atoms with Gasteiger partial charge in [0.25, 0.3) is 0 Å². The normalized spacial score (nSPS) is 17.9. The van der Waals surface area contributed by atoms with E-state index in [-0.39, 0.29) is 17.3 Å². The van der Waals surface area contributed by atoms with Crippen LogP contribution in [0.25, 0.3) is 10.8 Å². The summed E-state index contributed by atoms with van der Waals surface area (Å²) in [5, 5.41) is 5.70. The predicted octanol–water partition coefficient (Wildman–Crippen LogP) is 4.05. The number of nitrogens with zero attached hydrogens (tertiary/aromatic N) is 3. The van der Waals surface area contributed by atoms with Crippen LogP contribution in [0.3, 0.4) is 0 Å². The van der Waals surface area contributed by atoms with Crippen LogP contribution >= 0.6 is 11.6 Å². The Morgan fingerprint density at radius 3 is 2.38 bits per heavy atom. The number of pyridine rings is 1. The standard InChI is InChI=1S/C29H36ClN5O3S/c30-25-6-4-24-19-27(7-5-23(24)18-25)39(37,38)33-21-28(29(36)35-14-2-1-3-15-35)32-20-22-10-16-34(17-11-22)26-8-12-31-13-9-26/h4-9,12-13,18-19,22,28,32-33H,1-3,10-11,14-17,20-21H2. The monoisotopic (exact) mass is 569 g/mol. The summed E-state index contributed by atoms with van der Waals surface area (Å²) < 4.78 is 29.2. The molecule has 0 radical (unpaired) electrons. The lowest BCUT2D eigenvalue weighted by Crippen LogP contribution is -2.54. The number of hydrogen-bond acceptors (Lipinski definition) is 6. The number of halogens is 1. The fourth-order valence-electron chi connectivity index (χ4n) is 5.48. The molecule has 3 heterocycles. The molecule has 0 saturated carbocycles. The molecular weight excluding hydrogens is 534 g/mol. The maximum absolute atomic E-state index is 13.5. The lowest BCUT2D eigenvalue weighted by Gasteiger charge is -2.35. The van der Waals surface area contributed by atoms with Crippen LogP contribution in [0.5, 0.6) is 0 Å². The van der Waals surface area contributed by atoms with Crippen molar-refractivity contribution >= 4 is 44.0 Å². The first kappa shape index (κ1) is 27.8. The molecule has 2 N–H and O–H groups in total. The summed E-state index contributed by atoms with van der Waals surface area (Å²) in [6.07, 6.45) is 8.73. The number of sulfonamides is 1. The molecule has 1 unspecified atom stereocenters. The molecule has 0 spiro atoms. The highest BCUT2D eigenvalue weighted by molar-refractivity contribution is 7.89. The molecule has 2 fully saturated rings. The van der Waals surface area contributed by atoms with Crippen molar-refractivity contribution < 1.29 is 13.2 Å². The first-order valence-corrected chi connectivity index (χ1v) is 15.6. The van der Waals surface area contributed by atoms with E-state index >= 15 is 0 Å². The van der Waals surface area contributed by atoms with Gasteiger partial charge in [0, 0.05) is 55.8 Å². The van der Waals surface area contributed by atoms with Crippen molar-refractivity contribution in [2.24, 2.45) is 5.92 Å². The number of hydrogen-bond donors (Lipinski definition) is 2. The third-order valence-electron chi connectivity index (χ3n) is 7.82. The number of amides is 1. The van der Waals surface area contributed by atoms with E-state index < -0.39 is 16.1 Å². The number of rotatable bonds is 9. The Labute approximate surface area is 235 Å². The molecule has 1 amide bonds. The van der Waals surface area contributed by atoms with Crippen molar-refractivity contribution in [3.8, 4) is 0 Å². The number of benzene rings is 2. The molecule has 0 aliphatic carbocycles. The molecule has 2 saturated heterocycles. The lowest BCUT2D eigenvalue weighted by molar-refractivity contribution is -0.134. The van der Waals surface area contributed by atoms with Gasteiger partial charge in [-0.3, -0.25) is 9.78 Å². The highest BCUT2D eigenvalue weighted by Crippen LogP contribution is 2.24. The van der Waals surface area contributed by atoms with E-state index in [9.17, 15) is 13.2 Å². The SMILES string of the molecule is O=C(C(CNS(=O)(=O)c1ccc2cc(Cl)ccc2c1)NCC1CCN(c2ccncc2)CC1)N1CCCCC1. The van der Waals surface area contributed by atoms with E-state index in [4.69, 9.17) is 11.6 Å². The Bertz CT molecular complexity index is 1370. The predicted molar refractivity (Wildman–Crippen MR) is 156 cm³/mol. The summed E-state index contributed by atoms with van der Waals surface area (Å²) in [5.41, 5.74) is 1.18. The summed E-state index contributed by atoms with van der Waals surface area (Å²) in [6.45, 7) is 4.02. The Kier molecular flexibility index (Phi) is 9.02. The molecule has 0 bridgehead atoms. The lowest BCUT2D eigenvalue weighted by atomic mass is 9.96. The molecule has 208 valence electrons. The summed E-state index contributed by atoms with van der Waals surface area (Å²) >= 11 is 6.07. The van der Waals surface area contributed by atoms with Crippen molar-refractivity contribution in [3.63, 3.8) is 0 Å². The van der Waals surface area contributed by atoms with Crippen LogP contribution in [-0.4, -0.2) is 69.5 Å². The second kappa shape index (κ2) is 12.6. The van der Waals surface area contributed by atoms with Crippen molar-refractivity contribution in [2.45, 2.75) is 43.0 Å². The van der Waals surface area contributed by atoms with Gasteiger partial charge < -0.3 is 15.1 Å². The minimum absolute atomic E-state index is 0.00613. The molecule has 2 aliphatic heterocycles.